The first-order valence-corrected chi connectivity index (χ1v) is 9.58. The summed E-state index contributed by atoms with van der Waals surface area (Å²) in [5, 5.41) is 7.91. The minimum atomic E-state index is 0. The molecule has 146 valence electrons. The summed E-state index contributed by atoms with van der Waals surface area (Å²) in [6.45, 7) is 4.70. The fourth-order valence-corrected chi connectivity index (χ4v) is 3.46. The Balaban J connectivity index is 0.00000225. The van der Waals surface area contributed by atoms with Crippen molar-refractivity contribution in [3.8, 4) is 5.69 Å². The number of nitrogens with zero attached hydrogens (tertiary/aromatic N) is 4. The lowest BCUT2D eigenvalue weighted by molar-refractivity contribution is 0.868. The standard InChI is InChI=1S/C22H25N5.HI/c1-2-23-22(26-15-13-19-8-6-7-11-21(19)26)24-14-12-18-16-25-27(17-18)20-9-4-3-5-10-20;/h3-11,16-17H,2,12-15H2,1H3,(H,23,24);1H. The number of aromatic nitrogens is 2. The van der Waals surface area contributed by atoms with Crippen molar-refractivity contribution in [3.63, 3.8) is 0 Å². The van der Waals surface area contributed by atoms with Crippen LogP contribution in [0, 0.1) is 0 Å². The third kappa shape index (κ3) is 4.55. The Kier molecular flexibility index (Phi) is 7.08. The second kappa shape index (κ2) is 9.73. The molecule has 2 heterocycles. The zero-order valence-electron chi connectivity index (χ0n) is 16.1. The van der Waals surface area contributed by atoms with Crippen molar-refractivity contribution in [2.24, 2.45) is 4.99 Å². The summed E-state index contributed by atoms with van der Waals surface area (Å²) in [6, 6.07) is 18.8. The fraction of sp³-hybridized carbons (Fsp3) is 0.273. The third-order valence-electron chi connectivity index (χ3n) is 4.80. The van der Waals surface area contributed by atoms with Crippen molar-refractivity contribution in [1.29, 1.82) is 0 Å². The van der Waals surface area contributed by atoms with Gasteiger partial charge in [0.15, 0.2) is 5.96 Å². The van der Waals surface area contributed by atoms with Crippen LogP contribution in [0.3, 0.4) is 0 Å². The van der Waals surface area contributed by atoms with Crippen LogP contribution in [0.2, 0.25) is 0 Å². The van der Waals surface area contributed by atoms with Gasteiger partial charge in [0.05, 0.1) is 11.9 Å². The SMILES string of the molecule is CCNC(=NCCc1cnn(-c2ccccc2)c1)N1CCc2ccccc21.I. The lowest BCUT2D eigenvalue weighted by atomic mass is 10.2. The van der Waals surface area contributed by atoms with Gasteiger partial charge < -0.3 is 10.2 Å². The molecule has 0 bridgehead atoms. The molecule has 0 saturated carbocycles. The summed E-state index contributed by atoms with van der Waals surface area (Å²) >= 11 is 0. The Labute approximate surface area is 183 Å². The van der Waals surface area contributed by atoms with E-state index in [-0.39, 0.29) is 24.0 Å². The number of benzene rings is 2. The van der Waals surface area contributed by atoms with Gasteiger partial charge in [-0.1, -0.05) is 36.4 Å². The van der Waals surface area contributed by atoms with E-state index in [0.717, 1.165) is 44.1 Å². The Bertz CT molecular complexity index is 919. The van der Waals surface area contributed by atoms with Crippen molar-refractivity contribution >= 4 is 35.6 Å². The molecule has 0 atom stereocenters. The highest BCUT2D eigenvalue weighted by Gasteiger charge is 2.22. The summed E-state index contributed by atoms with van der Waals surface area (Å²) in [4.78, 5) is 7.16. The van der Waals surface area contributed by atoms with E-state index in [1.54, 1.807) is 0 Å². The first-order chi connectivity index (χ1) is 13.3. The predicted molar refractivity (Wildman–Crippen MR) is 126 cm³/mol. The maximum absolute atomic E-state index is 4.87. The molecule has 4 rings (SSSR count). The van der Waals surface area contributed by atoms with E-state index in [1.165, 1.54) is 16.8 Å². The summed E-state index contributed by atoms with van der Waals surface area (Å²) in [7, 11) is 0. The Morgan fingerprint density at radius 2 is 1.89 bits per heavy atom. The predicted octanol–water partition coefficient (Wildman–Crippen LogP) is 4.06. The van der Waals surface area contributed by atoms with Crippen molar-refractivity contribution in [2.45, 2.75) is 19.8 Å². The summed E-state index contributed by atoms with van der Waals surface area (Å²) in [5.41, 5.74) is 4.94. The monoisotopic (exact) mass is 487 g/mol. The van der Waals surface area contributed by atoms with Crippen molar-refractivity contribution < 1.29 is 0 Å². The van der Waals surface area contributed by atoms with Crippen LogP contribution < -0.4 is 10.2 Å². The highest BCUT2D eigenvalue weighted by Crippen LogP contribution is 2.27. The normalized spacial score (nSPS) is 13.2. The molecule has 0 saturated heterocycles. The molecule has 0 aliphatic carbocycles. The number of aliphatic imine (C=N–C) groups is 1. The van der Waals surface area contributed by atoms with Gasteiger partial charge in [0, 0.05) is 31.5 Å². The number of fused-ring (bicyclic) bond motifs is 1. The Hall–Kier alpha value is -2.35. The van der Waals surface area contributed by atoms with Crippen LogP contribution in [-0.2, 0) is 12.8 Å². The minimum Gasteiger partial charge on any atom is -0.356 e. The van der Waals surface area contributed by atoms with E-state index in [1.807, 2.05) is 29.1 Å². The van der Waals surface area contributed by atoms with Crippen LogP contribution in [-0.4, -0.2) is 35.4 Å². The molecule has 0 radical (unpaired) electrons. The van der Waals surface area contributed by atoms with Gasteiger partial charge in [-0.15, -0.1) is 24.0 Å². The molecule has 2 aromatic carbocycles. The molecule has 28 heavy (non-hydrogen) atoms. The lowest BCUT2D eigenvalue weighted by Gasteiger charge is -2.22. The van der Waals surface area contributed by atoms with E-state index in [2.05, 4.69) is 64.8 Å². The molecule has 5 nitrogen and oxygen atoms in total. The van der Waals surface area contributed by atoms with E-state index in [4.69, 9.17) is 4.99 Å². The molecule has 0 spiro atoms. The Morgan fingerprint density at radius 3 is 2.71 bits per heavy atom. The van der Waals surface area contributed by atoms with Gasteiger partial charge in [0.25, 0.3) is 0 Å². The van der Waals surface area contributed by atoms with Crippen LogP contribution in [0.25, 0.3) is 5.69 Å². The number of rotatable bonds is 5. The van der Waals surface area contributed by atoms with Gasteiger partial charge in [-0.25, -0.2) is 4.68 Å². The van der Waals surface area contributed by atoms with Crippen molar-refractivity contribution in [2.75, 3.05) is 24.5 Å². The molecular formula is C22H26IN5. The maximum Gasteiger partial charge on any atom is 0.198 e. The quantitative estimate of drug-likeness (QED) is 0.336. The van der Waals surface area contributed by atoms with Crippen molar-refractivity contribution in [1.82, 2.24) is 15.1 Å². The topological polar surface area (TPSA) is 45.5 Å². The average Bonchev–Trinajstić information content (AvgIpc) is 3.35. The van der Waals surface area contributed by atoms with Crippen LogP contribution in [0.1, 0.15) is 18.1 Å². The van der Waals surface area contributed by atoms with Gasteiger partial charge in [-0.2, -0.15) is 5.10 Å². The molecule has 0 amide bonds. The van der Waals surface area contributed by atoms with Crippen LogP contribution >= 0.6 is 24.0 Å². The summed E-state index contributed by atoms with van der Waals surface area (Å²) in [6.07, 6.45) is 5.96. The Morgan fingerprint density at radius 1 is 1.11 bits per heavy atom. The molecular weight excluding hydrogens is 461 g/mol. The number of anilines is 1. The number of guanidine groups is 1. The largest absolute Gasteiger partial charge is 0.356 e. The van der Waals surface area contributed by atoms with Gasteiger partial charge in [-0.3, -0.25) is 4.99 Å². The number of hydrogen-bond donors (Lipinski definition) is 1. The highest BCUT2D eigenvalue weighted by molar-refractivity contribution is 14.0. The number of nitrogens with one attached hydrogen (secondary N) is 1. The first-order valence-electron chi connectivity index (χ1n) is 9.58. The van der Waals surface area contributed by atoms with E-state index in [0.29, 0.717) is 0 Å². The van der Waals surface area contributed by atoms with E-state index >= 15 is 0 Å². The zero-order valence-corrected chi connectivity index (χ0v) is 18.4. The van der Waals surface area contributed by atoms with Crippen LogP contribution in [0.5, 0.6) is 0 Å². The first kappa shape index (κ1) is 20.4. The van der Waals surface area contributed by atoms with Gasteiger partial charge >= 0.3 is 0 Å². The minimum absolute atomic E-state index is 0. The molecule has 1 N–H and O–H groups in total. The highest BCUT2D eigenvalue weighted by atomic mass is 127. The molecule has 1 aromatic heterocycles. The second-order valence-electron chi connectivity index (χ2n) is 6.64. The molecule has 1 aliphatic heterocycles. The molecule has 3 aromatic rings. The summed E-state index contributed by atoms with van der Waals surface area (Å²) < 4.78 is 1.92. The number of para-hydroxylation sites is 2. The molecule has 0 fully saturated rings. The van der Waals surface area contributed by atoms with Crippen molar-refractivity contribution in [3.05, 3.63) is 78.1 Å². The van der Waals surface area contributed by atoms with Gasteiger partial charge in [0.1, 0.15) is 0 Å². The molecule has 6 heteroatoms. The smallest absolute Gasteiger partial charge is 0.198 e. The zero-order chi connectivity index (χ0) is 18.5. The van der Waals surface area contributed by atoms with E-state index in [9.17, 15) is 0 Å². The van der Waals surface area contributed by atoms with Crippen LogP contribution in [0.15, 0.2) is 72.0 Å². The molecule has 0 unspecified atom stereocenters. The molecule has 1 aliphatic rings. The third-order valence-corrected chi connectivity index (χ3v) is 4.80. The van der Waals surface area contributed by atoms with Gasteiger partial charge in [-0.05, 0) is 49.1 Å². The lowest BCUT2D eigenvalue weighted by Crippen LogP contribution is -2.40. The van der Waals surface area contributed by atoms with Gasteiger partial charge in [0.2, 0.25) is 0 Å². The maximum atomic E-state index is 4.87. The van der Waals surface area contributed by atoms with E-state index < -0.39 is 0 Å². The van der Waals surface area contributed by atoms with Crippen LogP contribution in [0.4, 0.5) is 5.69 Å². The summed E-state index contributed by atoms with van der Waals surface area (Å²) in [5.74, 6) is 0.970. The number of hydrogen-bond acceptors (Lipinski definition) is 2. The fourth-order valence-electron chi connectivity index (χ4n) is 3.46. The number of halogens is 1. The second-order valence-corrected chi connectivity index (χ2v) is 6.64. The average molecular weight is 487 g/mol.